The summed E-state index contributed by atoms with van der Waals surface area (Å²) in [5.74, 6) is 0. The van der Waals surface area contributed by atoms with Gasteiger partial charge in [0, 0.05) is 25.7 Å². The van der Waals surface area contributed by atoms with Crippen LogP contribution < -0.4 is 4.90 Å². The summed E-state index contributed by atoms with van der Waals surface area (Å²) in [4.78, 5) is 12.8. The number of aromatic nitrogens is 3. The van der Waals surface area contributed by atoms with Crippen molar-refractivity contribution < 1.29 is 0 Å². The average molecular weight is 337 g/mol. The maximum Gasteiger partial charge on any atom is 0.214 e. The van der Waals surface area contributed by atoms with E-state index in [0.29, 0.717) is 6.04 Å². The van der Waals surface area contributed by atoms with E-state index in [-0.39, 0.29) is 0 Å². The Hall–Kier alpha value is -1.18. The highest BCUT2D eigenvalue weighted by Crippen LogP contribution is 2.26. The number of likely N-dealkylation sites (tertiary alicyclic amines) is 1. The lowest BCUT2D eigenvalue weighted by atomic mass is 10.2. The van der Waals surface area contributed by atoms with E-state index in [0.717, 1.165) is 42.0 Å². The molecule has 23 heavy (non-hydrogen) atoms. The monoisotopic (exact) mass is 336 g/mol. The molecule has 2 aromatic rings. The first-order valence-electron chi connectivity index (χ1n) is 8.53. The summed E-state index contributed by atoms with van der Waals surface area (Å²) in [7, 11) is 4.26. The van der Waals surface area contributed by atoms with Crippen molar-refractivity contribution in [3.8, 4) is 0 Å². The van der Waals surface area contributed by atoms with Crippen molar-refractivity contribution in [2.75, 3.05) is 51.7 Å². The Labute approximate surface area is 142 Å². The van der Waals surface area contributed by atoms with Gasteiger partial charge in [-0.3, -0.25) is 4.90 Å². The van der Waals surface area contributed by atoms with E-state index < -0.39 is 0 Å². The quantitative estimate of drug-likeness (QED) is 0.773. The number of rotatable bonds is 7. The van der Waals surface area contributed by atoms with Crippen LogP contribution in [0.1, 0.15) is 25.5 Å². The predicted octanol–water partition coefficient (Wildman–Crippen LogP) is 1.95. The number of anilines is 1. The Morgan fingerprint density at radius 3 is 2.87 bits per heavy atom. The second-order valence-electron chi connectivity index (χ2n) is 6.67. The van der Waals surface area contributed by atoms with Crippen molar-refractivity contribution in [1.29, 1.82) is 0 Å². The summed E-state index contributed by atoms with van der Waals surface area (Å²) in [6.07, 6.45) is 4.63. The van der Waals surface area contributed by atoms with Gasteiger partial charge in [0.25, 0.3) is 0 Å². The van der Waals surface area contributed by atoms with E-state index >= 15 is 0 Å². The predicted molar refractivity (Wildman–Crippen MR) is 96.6 cm³/mol. The molecule has 1 atom stereocenters. The summed E-state index contributed by atoms with van der Waals surface area (Å²) in [5.41, 5.74) is 1.03. The van der Waals surface area contributed by atoms with Gasteiger partial charge >= 0.3 is 0 Å². The summed E-state index contributed by atoms with van der Waals surface area (Å²) < 4.78 is 1.92. The topological polar surface area (TPSA) is 39.9 Å². The van der Waals surface area contributed by atoms with Crippen LogP contribution in [0.5, 0.6) is 0 Å². The largest absolute Gasteiger partial charge is 0.344 e. The van der Waals surface area contributed by atoms with Crippen molar-refractivity contribution >= 4 is 21.4 Å². The maximum absolute atomic E-state index is 4.77. The fourth-order valence-corrected chi connectivity index (χ4v) is 4.25. The van der Waals surface area contributed by atoms with Gasteiger partial charge in [-0.1, -0.05) is 18.3 Å². The van der Waals surface area contributed by atoms with Crippen LogP contribution >= 0.6 is 11.3 Å². The molecule has 0 spiro atoms. The van der Waals surface area contributed by atoms with Crippen molar-refractivity contribution in [1.82, 2.24) is 24.4 Å². The van der Waals surface area contributed by atoms with Crippen LogP contribution in [0.15, 0.2) is 6.20 Å². The SMILES string of the molecule is CCN1CCCC1CN(CCN(C)C)c1nn2cc(C)nc2s1. The second kappa shape index (κ2) is 7.15. The normalized spacial score (nSPS) is 19.3. The highest BCUT2D eigenvalue weighted by Gasteiger charge is 2.26. The molecule has 0 saturated carbocycles. The molecule has 0 aromatic carbocycles. The number of imidazole rings is 1. The third-order valence-electron chi connectivity index (χ3n) is 4.58. The Bertz CT molecular complexity index is 602. The highest BCUT2D eigenvalue weighted by atomic mass is 32.1. The Balaban J connectivity index is 1.77. The minimum Gasteiger partial charge on any atom is -0.344 e. The summed E-state index contributed by atoms with van der Waals surface area (Å²) in [5, 5.41) is 5.86. The molecule has 1 aliphatic heterocycles. The maximum atomic E-state index is 4.77. The lowest BCUT2D eigenvalue weighted by Gasteiger charge is -2.30. The van der Waals surface area contributed by atoms with Gasteiger partial charge in [-0.25, -0.2) is 9.50 Å². The molecule has 2 aromatic heterocycles. The zero-order chi connectivity index (χ0) is 16.4. The molecule has 0 amide bonds. The van der Waals surface area contributed by atoms with E-state index in [1.807, 2.05) is 17.6 Å². The zero-order valence-electron chi connectivity index (χ0n) is 14.7. The number of nitrogens with zero attached hydrogens (tertiary/aromatic N) is 6. The van der Waals surface area contributed by atoms with Gasteiger partial charge in [0.1, 0.15) is 0 Å². The van der Waals surface area contributed by atoms with Crippen LogP contribution in [0.2, 0.25) is 0 Å². The van der Waals surface area contributed by atoms with Gasteiger partial charge in [-0.15, -0.1) is 5.10 Å². The molecule has 3 heterocycles. The molecule has 1 unspecified atom stereocenters. The molecule has 7 heteroatoms. The molecule has 0 bridgehead atoms. The van der Waals surface area contributed by atoms with E-state index in [1.165, 1.54) is 19.4 Å². The molecule has 1 aliphatic rings. The van der Waals surface area contributed by atoms with Crippen LogP contribution in [0.3, 0.4) is 0 Å². The van der Waals surface area contributed by atoms with Crippen molar-refractivity contribution in [2.45, 2.75) is 32.7 Å². The van der Waals surface area contributed by atoms with Crippen LogP contribution in [0.25, 0.3) is 4.96 Å². The Morgan fingerprint density at radius 2 is 2.17 bits per heavy atom. The number of aryl methyl sites for hydroxylation is 1. The Kier molecular flexibility index (Phi) is 5.18. The van der Waals surface area contributed by atoms with E-state index in [1.54, 1.807) is 11.3 Å². The third kappa shape index (κ3) is 3.84. The second-order valence-corrected chi connectivity index (χ2v) is 7.60. The first-order valence-corrected chi connectivity index (χ1v) is 9.35. The number of hydrogen-bond donors (Lipinski definition) is 0. The van der Waals surface area contributed by atoms with E-state index in [2.05, 4.69) is 40.7 Å². The molecule has 6 nitrogen and oxygen atoms in total. The Morgan fingerprint density at radius 1 is 1.35 bits per heavy atom. The van der Waals surface area contributed by atoms with Gasteiger partial charge in [0.2, 0.25) is 10.1 Å². The molecule has 3 rings (SSSR count). The summed E-state index contributed by atoms with van der Waals surface area (Å²) in [6.45, 7) is 9.79. The fourth-order valence-electron chi connectivity index (χ4n) is 3.28. The van der Waals surface area contributed by atoms with Crippen molar-refractivity contribution in [3.05, 3.63) is 11.9 Å². The third-order valence-corrected chi connectivity index (χ3v) is 5.56. The zero-order valence-corrected chi connectivity index (χ0v) is 15.5. The minimum atomic E-state index is 0.653. The standard InChI is InChI=1S/C16H28N6S/c1-5-20-8-6-7-14(20)12-21(10-9-19(3)4)16-18-22-11-13(2)17-15(22)23-16/h11,14H,5-10,12H2,1-4H3. The average Bonchev–Trinajstić information content (AvgIpc) is 3.16. The number of fused-ring (bicyclic) bond motifs is 1. The molecule has 0 N–H and O–H groups in total. The van der Waals surface area contributed by atoms with Crippen LogP contribution in [0.4, 0.5) is 5.13 Å². The van der Waals surface area contributed by atoms with Gasteiger partial charge in [-0.05, 0) is 47.0 Å². The van der Waals surface area contributed by atoms with Gasteiger partial charge < -0.3 is 9.80 Å². The molecule has 0 aliphatic carbocycles. The molecule has 128 valence electrons. The lowest BCUT2D eigenvalue weighted by Crippen LogP contribution is -2.42. The first kappa shape index (κ1) is 16.7. The number of likely N-dealkylation sites (N-methyl/N-ethyl adjacent to an activating group) is 2. The van der Waals surface area contributed by atoms with Crippen LogP contribution in [-0.4, -0.2) is 77.3 Å². The van der Waals surface area contributed by atoms with Gasteiger partial charge in [0.15, 0.2) is 0 Å². The summed E-state index contributed by atoms with van der Waals surface area (Å²) in [6, 6.07) is 0.653. The smallest absolute Gasteiger partial charge is 0.214 e. The van der Waals surface area contributed by atoms with Crippen LogP contribution in [-0.2, 0) is 0 Å². The molecule has 1 fully saturated rings. The highest BCUT2D eigenvalue weighted by molar-refractivity contribution is 7.20. The van der Waals surface area contributed by atoms with Crippen LogP contribution in [0, 0.1) is 6.92 Å². The van der Waals surface area contributed by atoms with E-state index in [4.69, 9.17) is 5.10 Å². The van der Waals surface area contributed by atoms with E-state index in [9.17, 15) is 0 Å². The molecular weight excluding hydrogens is 308 g/mol. The summed E-state index contributed by atoms with van der Waals surface area (Å²) >= 11 is 1.70. The molecule has 1 saturated heterocycles. The van der Waals surface area contributed by atoms with Gasteiger partial charge in [0.05, 0.1) is 11.9 Å². The molecular formula is C16H28N6S. The lowest BCUT2D eigenvalue weighted by molar-refractivity contribution is 0.267. The van der Waals surface area contributed by atoms with Crippen molar-refractivity contribution in [3.63, 3.8) is 0 Å². The molecule has 0 radical (unpaired) electrons. The van der Waals surface area contributed by atoms with Gasteiger partial charge in [-0.2, -0.15) is 0 Å². The number of hydrogen-bond acceptors (Lipinski definition) is 6. The first-order chi connectivity index (χ1) is 11.1. The van der Waals surface area contributed by atoms with Crippen molar-refractivity contribution in [2.24, 2.45) is 0 Å². The minimum absolute atomic E-state index is 0.653. The fraction of sp³-hybridized carbons (Fsp3) is 0.750.